The molecular weight excluding hydrogens is 378 g/mol. The Morgan fingerprint density at radius 3 is 2.33 bits per heavy atom. The average molecular weight is 410 g/mol. The van der Waals surface area contributed by atoms with E-state index in [0.717, 1.165) is 57.4 Å². The van der Waals surface area contributed by atoms with Crippen LogP contribution in [-0.2, 0) is 16.1 Å². The van der Waals surface area contributed by atoms with Gasteiger partial charge in [0.05, 0.1) is 18.6 Å². The Hall–Kier alpha value is -2.44. The number of aromatic nitrogens is 1. The maximum Gasteiger partial charge on any atom is 0.306 e. The van der Waals surface area contributed by atoms with Gasteiger partial charge in [0.2, 0.25) is 0 Å². The van der Waals surface area contributed by atoms with Crippen LogP contribution in [-0.4, -0.2) is 58.8 Å². The second kappa shape index (κ2) is 9.58. The summed E-state index contributed by atoms with van der Waals surface area (Å²) in [4.78, 5) is 20.6. The van der Waals surface area contributed by atoms with Crippen LogP contribution in [0.15, 0.2) is 54.9 Å². The molecule has 0 amide bonds. The fraction of sp³-hybridized carbons (Fsp3) is 0.500. The van der Waals surface area contributed by atoms with E-state index in [2.05, 4.69) is 26.9 Å². The summed E-state index contributed by atoms with van der Waals surface area (Å²) in [7, 11) is 0. The summed E-state index contributed by atoms with van der Waals surface area (Å²) in [5.41, 5.74) is 1.79. The minimum absolute atomic E-state index is 0.0857. The van der Waals surface area contributed by atoms with E-state index >= 15 is 0 Å². The number of carbonyl (C=O) groups is 1. The number of pyridine rings is 1. The van der Waals surface area contributed by atoms with Gasteiger partial charge in [-0.25, -0.2) is 0 Å². The number of nitrogens with zero attached hydrogens (tertiary/aromatic N) is 3. The van der Waals surface area contributed by atoms with E-state index < -0.39 is 11.6 Å². The van der Waals surface area contributed by atoms with Crippen molar-refractivity contribution >= 4 is 11.7 Å². The van der Waals surface area contributed by atoms with Crippen LogP contribution in [0.25, 0.3) is 0 Å². The van der Waals surface area contributed by atoms with Gasteiger partial charge >= 0.3 is 5.97 Å². The number of carboxylic acid groups (broad SMARTS) is 1. The van der Waals surface area contributed by atoms with Gasteiger partial charge in [0.1, 0.15) is 0 Å². The minimum Gasteiger partial charge on any atom is -0.481 e. The van der Waals surface area contributed by atoms with Gasteiger partial charge in [0, 0.05) is 50.3 Å². The Balaban J connectivity index is 1.31. The summed E-state index contributed by atoms with van der Waals surface area (Å²) in [6.07, 6.45) is 7.39. The van der Waals surface area contributed by atoms with Crippen LogP contribution in [0, 0.1) is 0 Å². The molecule has 1 saturated heterocycles. The average Bonchev–Trinajstić information content (AvgIpc) is 2.79. The lowest BCUT2D eigenvalue weighted by atomic mass is 9.79. The topological polar surface area (TPSA) is 65.9 Å². The van der Waals surface area contributed by atoms with Crippen molar-refractivity contribution in [2.24, 2.45) is 0 Å². The van der Waals surface area contributed by atoms with Gasteiger partial charge in [-0.3, -0.25) is 14.7 Å². The summed E-state index contributed by atoms with van der Waals surface area (Å²) in [6, 6.07) is 14.7. The molecule has 1 aliphatic carbocycles. The number of hydrogen-bond donors (Lipinski definition) is 1. The molecule has 2 fully saturated rings. The van der Waals surface area contributed by atoms with Crippen LogP contribution in [0.5, 0.6) is 0 Å². The summed E-state index contributed by atoms with van der Waals surface area (Å²) in [6.45, 7) is 4.60. The van der Waals surface area contributed by atoms with Crippen molar-refractivity contribution in [3.8, 4) is 0 Å². The molecule has 1 aromatic carbocycles. The van der Waals surface area contributed by atoms with Crippen molar-refractivity contribution in [1.82, 2.24) is 9.88 Å². The molecular formula is C24H31N3O3. The zero-order chi connectivity index (χ0) is 20.8. The molecule has 2 aromatic rings. The number of benzene rings is 1. The number of carboxylic acids is 1. The Morgan fingerprint density at radius 2 is 1.70 bits per heavy atom. The van der Waals surface area contributed by atoms with E-state index in [4.69, 9.17) is 4.74 Å². The van der Waals surface area contributed by atoms with Crippen LogP contribution in [0.4, 0.5) is 5.69 Å². The van der Waals surface area contributed by atoms with Crippen molar-refractivity contribution in [2.75, 3.05) is 31.1 Å². The summed E-state index contributed by atoms with van der Waals surface area (Å²) >= 11 is 0. The molecule has 1 aliphatic heterocycles. The molecule has 6 nitrogen and oxygen atoms in total. The van der Waals surface area contributed by atoms with Gasteiger partial charge in [-0.2, -0.15) is 0 Å². The van der Waals surface area contributed by atoms with Crippen molar-refractivity contribution in [1.29, 1.82) is 0 Å². The van der Waals surface area contributed by atoms with E-state index in [1.54, 1.807) is 0 Å². The van der Waals surface area contributed by atoms with E-state index in [1.807, 2.05) is 42.7 Å². The van der Waals surface area contributed by atoms with E-state index in [-0.39, 0.29) is 6.42 Å². The first-order chi connectivity index (χ1) is 14.6. The number of anilines is 1. The lowest BCUT2D eigenvalue weighted by Crippen LogP contribution is -2.53. The third-order valence-electron chi connectivity index (χ3n) is 6.59. The molecule has 0 atom stereocenters. The second-order valence-corrected chi connectivity index (χ2v) is 8.49. The summed E-state index contributed by atoms with van der Waals surface area (Å²) in [5, 5.41) is 9.48. The van der Waals surface area contributed by atoms with Crippen molar-refractivity contribution in [3.05, 3.63) is 60.4 Å². The molecule has 160 valence electrons. The molecule has 2 heterocycles. The first-order valence-corrected chi connectivity index (χ1v) is 10.9. The smallest absolute Gasteiger partial charge is 0.306 e. The van der Waals surface area contributed by atoms with Gasteiger partial charge in [0.15, 0.2) is 0 Å². The van der Waals surface area contributed by atoms with E-state index in [0.29, 0.717) is 12.6 Å². The number of hydrogen-bond acceptors (Lipinski definition) is 5. The predicted octanol–water partition coefficient (Wildman–Crippen LogP) is 3.58. The monoisotopic (exact) mass is 409 g/mol. The van der Waals surface area contributed by atoms with Crippen LogP contribution < -0.4 is 4.90 Å². The molecule has 6 heteroatoms. The molecule has 0 spiro atoms. The third kappa shape index (κ3) is 5.18. The molecule has 0 bridgehead atoms. The van der Waals surface area contributed by atoms with E-state index in [1.165, 1.54) is 5.69 Å². The number of aliphatic carboxylic acids is 1. The zero-order valence-corrected chi connectivity index (χ0v) is 17.4. The molecule has 30 heavy (non-hydrogen) atoms. The molecule has 4 rings (SSSR count). The van der Waals surface area contributed by atoms with Crippen LogP contribution in [0.2, 0.25) is 0 Å². The Labute approximate surface area is 178 Å². The SMILES string of the molecule is O=C(O)CC1(OCc2ccccc2)CCC(N2CCN(c3ccncc3)CC2)CC1. The van der Waals surface area contributed by atoms with Gasteiger partial charge in [0.25, 0.3) is 0 Å². The Bertz CT molecular complexity index is 799. The predicted molar refractivity (Wildman–Crippen MR) is 116 cm³/mol. The minimum atomic E-state index is -0.771. The largest absolute Gasteiger partial charge is 0.481 e. The summed E-state index contributed by atoms with van der Waals surface area (Å²) in [5.74, 6) is -0.771. The summed E-state index contributed by atoms with van der Waals surface area (Å²) < 4.78 is 6.26. The maximum atomic E-state index is 11.5. The van der Waals surface area contributed by atoms with Gasteiger partial charge < -0.3 is 14.7 Å². The highest BCUT2D eigenvalue weighted by Gasteiger charge is 2.40. The second-order valence-electron chi connectivity index (χ2n) is 8.49. The van der Waals surface area contributed by atoms with Gasteiger partial charge in [-0.15, -0.1) is 0 Å². The molecule has 1 saturated carbocycles. The van der Waals surface area contributed by atoms with Crippen LogP contribution in [0.3, 0.4) is 0 Å². The fourth-order valence-electron chi connectivity index (χ4n) is 4.85. The third-order valence-corrected chi connectivity index (χ3v) is 6.59. The van der Waals surface area contributed by atoms with Crippen LogP contribution in [0.1, 0.15) is 37.7 Å². The number of rotatable bonds is 7. The van der Waals surface area contributed by atoms with Crippen LogP contribution >= 0.6 is 0 Å². The highest BCUT2D eigenvalue weighted by Crippen LogP contribution is 2.37. The maximum absolute atomic E-state index is 11.5. The lowest BCUT2D eigenvalue weighted by Gasteiger charge is -2.45. The highest BCUT2D eigenvalue weighted by molar-refractivity contribution is 5.68. The normalized spacial score (nSPS) is 25.2. The first kappa shape index (κ1) is 20.8. The molecule has 1 N–H and O–H groups in total. The first-order valence-electron chi connectivity index (χ1n) is 10.9. The Kier molecular flexibility index (Phi) is 6.65. The fourth-order valence-corrected chi connectivity index (χ4v) is 4.85. The molecule has 2 aliphatic rings. The zero-order valence-electron chi connectivity index (χ0n) is 17.4. The molecule has 0 radical (unpaired) electrons. The van der Waals surface area contributed by atoms with E-state index in [9.17, 15) is 9.90 Å². The van der Waals surface area contributed by atoms with Gasteiger partial charge in [-0.1, -0.05) is 30.3 Å². The van der Waals surface area contributed by atoms with Crippen molar-refractivity contribution in [2.45, 2.75) is 50.4 Å². The molecule has 0 unspecified atom stereocenters. The quantitative estimate of drug-likeness (QED) is 0.754. The standard InChI is InChI=1S/C24H31N3O3/c28-23(29)18-24(30-19-20-4-2-1-3-5-20)10-6-21(7-11-24)26-14-16-27(17-15-26)22-8-12-25-13-9-22/h1-5,8-9,12-13,21H,6-7,10-11,14-19H2,(H,28,29). The van der Waals surface area contributed by atoms with Crippen molar-refractivity contribution < 1.29 is 14.6 Å². The van der Waals surface area contributed by atoms with Crippen molar-refractivity contribution in [3.63, 3.8) is 0 Å². The lowest BCUT2D eigenvalue weighted by molar-refractivity contribution is -0.151. The molecule has 1 aromatic heterocycles. The van der Waals surface area contributed by atoms with Gasteiger partial charge in [-0.05, 0) is 43.4 Å². The Morgan fingerprint density at radius 1 is 1.03 bits per heavy atom. The highest BCUT2D eigenvalue weighted by atomic mass is 16.5. The number of piperazine rings is 1. The number of ether oxygens (including phenoxy) is 1.